The van der Waals surface area contributed by atoms with Gasteiger partial charge in [0.15, 0.2) is 0 Å². The molecule has 2 atom stereocenters. The molecule has 396 valence electrons. The van der Waals surface area contributed by atoms with Crippen LogP contribution in [0.1, 0.15) is 309 Å². The summed E-state index contributed by atoms with van der Waals surface area (Å²) >= 11 is 0. The molecule has 0 saturated carbocycles. The van der Waals surface area contributed by atoms with Crippen LogP contribution in [-0.4, -0.2) is 34.9 Å². The molecule has 0 aliphatic heterocycles. The van der Waals surface area contributed by atoms with Crippen molar-refractivity contribution in [2.24, 2.45) is 0 Å². The van der Waals surface area contributed by atoms with Gasteiger partial charge in [-0.05, 0) is 64.2 Å². The van der Waals surface area contributed by atoms with Crippen molar-refractivity contribution in [1.29, 1.82) is 0 Å². The van der Waals surface area contributed by atoms with Gasteiger partial charge in [0.1, 0.15) is 0 Å². The van der Waals surface area contributed by atoms with Crippen molar-refractivity contribution in [2.45, 2.75) is 321 Å². The second-order valence-electron chi connectivity index (χ2n) is 20.4. The van der Waals surface area contributed by atoms with E-state index < -0.39 is 12.1 Å². The Morgan fingerprint density at radius 3 is 0.971 bits per heavy atom. The maximum Gasteiger partial charge on any atom is 0.220 e. The summed E-state index contributed by atoms with van der Waals surface area (Å²) in [5.74, 6) is -0.0663. The quantitative estimate of drug-likeness (QED) is 0.0420. The predicted molar refractivity (Wildman–Crippen MR) is 304 cm³/mol. The highest BCUT2D eigenvalue weighted by Gasteiger charge is 2.18. The molecule has 0 aromatic rings. The number of amides is 1. The molecular formula is C64H117NO3. The molecule has 0 aromatic carbocycles. The molecule has 68 heavy (non-hydrogen) atoms. The lowest BCUT2D eigenvalue weighted by molar-refractivity contribution is -0.123. The molecule has 4 nitrogen and oxygen atoms in total. The van der Waals surface area contributed by atoms with Gasteiger partial charge >= 0.3 is 0 Å². The molecular weight excluding hydrogens is 831 g/mol. The van der Waals surface area contributed by atoms with E-state index in [1.165, 1.54) is 231 Å². The number of carbonyl (C=O) groups is 1. The number of hydrogen-bond acceptors (Lipinski definition) is 3. The van der Waals surface area contributed by atoms with Gasteiger partial charge in [-0.1, -0.05) is 311 Å². The first-order valence-electron chi connectivity index (χ1n) is 30.2. The molecule has 0 heterocycles. The SMILES string of the molecule is CC/C=C\C/C=C\C/C=C\C/C=C\C/C=C\CCCCCCCCCCCCCC(=O)NC(CO)C(O)/C=C/CCCCCCCCCCCCCCCCCCCCCCCCCCCCC. The number of rotatable bonds is 55. The molecule has 2 unspecified atom stereocenters. The summed E-state index contributed by atoms with van der Waals surface area (Å²) in [6.07, 6.45) is 85.1. The molecule has 1 amide bonds. The molecule has 3 N–H and O–H groups in total. The van der Waals surface area contributed by atoms with Crippen LogP contribution >= 0.6 is 0 Å². The zero-order valence-electron chi connectivity index (χ0n) is 45.6. The average Bonchev–Trinajstić information content (AvgIpc) is 3.34. The van der Waals surface area contributed by atoms with Crippen molar-refractivity contribution in [3.05, 3.63) is 72.9 Å². The molecule has 0 aliphatic rings. The fraction of sp³-hybridized carbons (Fsp3) is 0.797. The van der Waals surface area contributed by atoms with Crippen molar-refractivity contribution in [3.8, 4) is 0 Å². The predicted octanol–water partition coefficient (Wildman–Crippen LogP) is 20.1. The summed E-state index contributed by atoms with van der Waals surface area (Å²) in [6.45, 7) is 4.22. The van der Waals surface area contributed by atoms with Gasteiger partial charge in [-0.2, -0.15) is 0 Å². The zero-order chi connectivity index (χ0) is 49.2. The van der Waals surface area contributed by atoms with Crippen molar-refractivity contribution in [1.82, 2.24) is 5.32 Å². The second kappa shape index (κ2) is 59.1. The van der Waals surface area contributed by atoms with Gasteiger partial charge in [-0.15, -0.1) is 0 Å². The van der Waals surface area contributed by atoms with E-state index in [-0.39, 0.29) is 12.5 Å². The van der Waals surface area contributed by atoms with Gasteiger partial charge in [-0.3, -0.25) is 4.79 Å². The minimum absolute atomic E-state index is 0.0663. The third-order valence-corrected chi connectivity index (χ3v) is 13.7. The summed E-state index contributed by atoms with van der Waals surface area (Å²) < 4.78 is 0. The minimum Gasteiger partial charge on any atom is -0.394 e. The van der Waals surface area contributed by atoms with E-state index in [2.05, 4.69) is 79.9 Å². The van der Waals surface area contributed by atoms with Crippen molar-refractivity contribution in [3.63, 3.8) is 0 Å². The number of nitrogens with one attached hydrogen (secondary N) is 1. The largest absolute Gasteiger partial charge is 0.394 e. The molecule has 0 saturated heterocycles. The summed E-state index contributed by atoms with van der Waals surface area (Å²) in [5, 5.41) is 23.2. The fourth-order valence-corrected chi connectivity index (χ4v) is 9.15. The fourth-order valence-electron chi connectivity index (χ4n) is 9.15. The Balaban J connectivity index is 3.50. The Bertz CT molecular complexity index is 1170. The van der Waals surface area contributed by atoms with E-state index in [1.54, 1.807) is 6.08 Å². The van der Waals surface area contributed by atoms with E-state index in [0.717, 1.165) is 57.8 Å². The lowest BCUT2D eigenvalue weighted by atomic mass is 10.0. The molecule has 0 bridgehead atoms. The molecule has 0 spiro atoms. The number of hydrogen-bond donors (Lipinski definition) is 3. The summed E-state index contributed by atoms with van der Waals surface area (Å²) in [6, 6.07) is -0.629. The van der Waals surface area contributed by atoms with Crippen LogP contribution in [0, 0.1) is 0 Å². The second-order valence-corrected chi connectivity index (χ2v) is 20.4. The first-order valence-corrected chi connectivity index (χ1v) is 30.2. The summed E-state index contributed by atoms with van der Waals surface area (Å²) in [7, 11) is 0. The normalized spacial score (nSPS) is 13.3. The molecule has 0 aliphatic carbocycles. The van der Waals surface area contributed by atoms with Crippen molar-refractivity contribution >= 4 is 5.91 Å². The number of unbranched alkanes of at least 4 members (excludes halogenated alkanes) is 38. The van der Waals surface area contributed by atoms with E-state index in [1.807, 2.05) is 6.08 Å². The summed E-state index contributed by atoms with van der Waals surface area (Å²) in [4.78, 5) is 12.5. The average molecular weight is 949 g/mol. The first kappa shape index (κ1) is 65.8. The Kier molecular flexibility index (Phi) is 57.3. The first-order chi connectivity index (χ1) is 33.7. The lowest BCUT2D eigenvalue weighted by Gasteiger charge is -2.20. The third-order valence-electron chi connectivity index (χ3n) is 13.7. The van der Waals surface area contributed by atoms with Crippen LogP contribution in [0.25, 0.3) is 0 Å². The van der Waals surface area contributed by atoms with E-state index in [9.17, 15) is 15.0 Å². The van der Waals surface area contributed by atoms with Gasteiger partial charge in [0.05, 0.1) is 18.8 Å². The molecule has 0 radical (unpaired) electrons. The molecule has 0 fully saturated rings. The number of carbonyl (C=O) groups excluding carboxylic acids is 1. The van der Waals surface area contributed by atoms with Crippen LogP contribution in [-0.2, 0) is 4.79 Å². The van der Waals surface area contributed by atoms with Crippen LogP contribution < -0.4 is 5.32 Å². The van der Waals surface area contributed by atoms with Crippen LogP contribution in [0.3, 0.4) is 0 Å². The minimum atomic E-state index is -0.846. The third kappa shape index (κ3) is 54.8. The highest BCUT2D eigenvalue weighted by atomic mass is 16.3. The number of allylic oxidation sites excluding steroid dienone is 11. The Hall–Kier alpha value is -2.17. The van der Waals surface area contributed by atoms with Crippen LogP contribution in [0.4, 0.5) is 0 Å². The maximum atomic E-state index is 12.5. The van der Waals surface area contributed by atoms with Gasteiger partial charge in [0.25, 0.3) is 0 Å². The highest BCUT2D eigenvalue weighted by Crippen LogP contribution is 2.17. The Morgan fingerprint density at radius 2 is 0.647 bits per heavy atom. The highest BCUT2D eigenvalue weighted by molar-refractivity contribution is 5.76. The van der Waals surface area contributed by atoms with Gasteiger partial charge in [0.2, 0.25) is 5.91 Å². The molecule has 0 rings (SSSR count). The van der Waals surface area contributed by atoms with Crippen LogP contribution in [0.2, 0.25) is 0 Å². The monoisotopic (exact) mass is 948 g/mol. The topological polar surface area (TPSA) is 69.6 Å². The van der Waals surface area contributed by atoms with Gasteiger partial charge < -0.3 is 15.5 Å². The number of aliphatic hydroxyl groups excluding tert-OH is 2. The summed E-state index contributed by atoms with van der Waals surface area (Å²) in [5.41, 5.74) is 0. The number of aliphatic hydroxyl groups is 2. The van der Waals surface area contributed by atoms with Crippen molar-refractivity contribution in [2.75, 3.05) is 6.61 Å². The lowest BCUT2D eigenvalue weighted by Crippen LogP contribution is -2.45. The Labute approximate surface area is 425 Å². The van der Waals surface area contributed by atoms with E-state index in [4.69, 9.17) is 0 Å². The van der Waals surface area contributed by atoms with Gasteiger partial charge in [0, 0.05) is 6.42 Å². The van der Waals surface area contributed by atoms with Crippen LogP contribution in [0.15, 0.2) is 72.9 Å². The van der Waals surface area contributed by atoms with E-state index in [0.29, 0.717) is 6.42 Å². The maximum absolute atomic E-state index is 12.5. The molecule has 4 heteroatoms. The standard InChI is InChI=1S/C64H117NO3/c1-3-5-7-9-11-13-15-17-19-21-23-25-27-29-31-32-34-35-37-39-41-43-45-47-49-51-53-55-57-59-63(67)62(61-66)65-64(68)60-58-56-54-52-50-48-46-44-42-40-38-36-33-30-28-26-24-22-20-18-16-14-12-10-8-6-4-2/h6,8,12,14,18,20,24,26,30,33,57,59,62-63,66-67H,3-5,7,9-11,13,15-17,19,21-23,25,27-29,31-32,34-56,58,60-61H2,1-2H3,(H,65,68)/b8-6-,14-12-,20-18-,26-24-,33-30-,59-57+. The van der Waals surface area contributed by atoms with Gasteiger partial charge in [-0.25, -0.2) is 0 Å². The smallest absolute Gasteiger partial charge is 0.220 e. The van der Waals surface area contributed by atoms with Crippen LogP contribution in [0.5, 0.6) is 0 Å². The zero-order valence-corrected chi connectivity index (χ0v) is 45.6. The molecule has 0 aromatic heterocycles. The van der Waals surface area contributed by atoms with E-state index >= 15 is 0 Å². The van der Waals surface area contributed by atoms with Crippen molar-refractivity contribution < 1.29 is 15.0 Å². The Morgan fingerprint density at radius 1 is 0.368 bits per heavy atom.